The molecule has 1 fully saturated rings. The Morgan fingerprint density at radius 2 is 1.87 bits per heavy atom. The monoisotopic (exact) mass is 443 g/mol. The van der Waals surface area contributed by atoms with Gasteiger partial charge in [-0.05, 0) is 43.2 Å². The van der Waals surface area contributed by atoms with E-state index in [2.05, 4.69) is 10.7 Å². The third kappa shape index (κ3) is 5.61. The van der Waals surface area contributed by atoms with Crippen LogP contribution >= 0.6 is 11.6 Å². The minimum Gasteiger partial charge on any atom is -0.455 e. The number of benzene rings is 2. The third-order valence-electron chi connectivity index (χ3n) is 4.89. The number of halogens is 1. The van der Waals surface area contributed by atoms with Crippen molar-refractivity contribution >= 4 is 41.0 Å². The number of hydrogen-bond donors (Lipinski definition) is 2. The Labute approximate surface area is 184 Å². The molecule has 0 spiro atoms. The van der Waals surface area contributed by atoms with Gasteiger partial charge in [0, 0.05) is 22.7 Å². The van der Waals surface area contributed by atoms with Crippen LogP contribution in [0.3, 0.4) is 0 Å². The average molecular weight is 444 g/mol. The van der Waals surface area contributed by atoms with E-state index in [0.29, 0.717) is 16.3 Å². The zero-order valence-corrected chi connectivity index (χ0v) is 17.9. The van der Waals surface area contributed by atoms with E-state index in [-0.39, 0.29) is 13.0 Å². The smallest absolute Gasteiger partial charge is 0.311 e. The molecule has 0 aromatic heterocycles. The van der Waals surface area contributed by atoms with E-state index in [9.17, 15) is 19.2 Å². The first kappa shape index (κ1) is 22.3. The van der Waals surface area contributed by atoms with E-state index in [1.807, 2.05) is 13.0 Å². The molecule has 1 unspecified atom stereocenters. The van der Waals surface area contributed by atoms with Crippen molar-refractivity contribution in [3.63, 3.8) is 0 Å². The van der Waals surface area contributed by atoms with Gasteiger partial charge >= 0.3 is 5.97 Å². The Bertz CT molecular complexity index is 1040. The maximum atomic E-state index is 12.4. The van der Waals surface area contributed by atoms with Gasteiger partial charge in [-0.15, -0.1) is 0 Å². The number of amides is 3. The van der Waals surface area contributed by atoms with Crippen LogP contribution in [0, 0.1) is 19.8 Å². The van der Waals surface area contributed by atoms with Crippen molar-refractivity contribution in [2.75, 3.05) is 18.5 Å². The Morgan fingerprint density at radius 1 is 1.13 bits per heavy atom. The molecule has 1 aliphatic rings. The maximum absolute atomic E-state index is 12.4. The van der Waals surface area contributed by atoms with Crippen molar-refractivity contribution in [2.24, 2.45) is 5.92 Å². The van der Waals surface area contributed by atoms with E-state index < -0.39 is 36.2 Å². The molecule has 0 saturated carbocycles. The minimum atomic E-state index is -0.772. The summed E-state index contributed by atoms with van der Waals surface area (Å²) >= 11 is 6.02. The molecule has 1 aliphatic heterocycles. The fourth-order valence-corrected chi connectivity index (χ4v) is 3.29. The topological polar surface area (TPSA) is 105 Å². The summed E-state index contributed by atoms with van der Waals surface area (Å²) in [6.45, 7) is 3.11. The summed E-state index contributed by atoms with van der Waals surface area (Å²) in [7, 11) is 0. The fraction of sp³-hybridized carbons (Fsp3) is 0.273. The number of rotatable bonds is 6. The number of carbonyl (C=O) groups excluding carboxylic acids is 4. The molecule has 3 rings (SSSR count). The summed E-state index contributed by atoms with van der Waals surface area (Å²) in [6.07, 6.45) is -0.109. The van der Waals surface area contributed by atoms with E-state index in [4.69, 9.17) is 16.3 Å². The lowest BCUT2D eigenvalue weighted by Gasteiger charge is -2.18. The van der Waals surface area contributed by atoms with Crippen LogP contribution < -0.4 is 10.7 Å². The largest absolute Gasteiger partial charge is 0.455 e. The van der Waals surface area contributed by atoms with E-state index in [1.165, 1.54) is 0 Å². The van der Waals surface area contributed by atoms with Gasteiger partial charge in [0.25, 0.3) is 11.8 Å². The van der Waals surface area contributed by atoms with E-state index >= 15 is 0 Å². The number of nitrogens with one attached hydrogen (secondary N) is 2. The predicted molar refractivity (Wildman–Crippen MR) is 114 cm³/mol. The number of ether oxygens (including phenoxy) is 1. The SMILES string of the molecule is Cc1ccc(NC(=O)COC(=O)C2CC(=O)N(NC(=O)c3ccccc3C)C2)cc1Cl. The van der Waals surface area contributed by atoms with Crippen LogP contribution in [0.4, 0.5) is 5.69 Å². The highest BCUT2D eigenvalue weighted by Gasteiger charge is 2.36. The number of nitrogens with zero attached hydrogens (tertiary/aromatic N) is 1. The number of aryl methyl sites for hydroxylation is 2. The maximum Gasteiger partial charge on any atom is 0.311 e. The third-order valence-corrected chi connectivity index (χ3v) is 5.29. The second-order valence-electron chi connectivity index (χ2n) is 7.28. The first-order valence-electron chi connectivity index (χ1n) is 9.64. The van der Waals surface area contributed by atoms with Crippen LogP contribution in [0.1, 0.15) is 27.9 Å². The van der Waals surface area contributed by atoms with Crippen molar-refractivity contribution in [2.45, 2.75) is 20.3 Å². The summed E-state index contributed by atoms with van der Waals surface area (Å²) in [4.78, 5) is 48.9. The highest BCUT2D eigenvalue weighted by Crippen LogP contribution is 2.20. The second-order valence-corrected chi connectivity index (χ2v) is 7.69. The number of anilines is 1. The Kier molecular flexibility index (Phi) is 6.91. The van der Waals surface area contributed by atoms with Gasteiger partial charge in [-0.2, -0.15) is 0 Å². The van der Waals surface area contributed by atoms with Crippen LogP contribution in [-0.4, -0.2) is 41.9 Å². The van der Waals surface area contributed by atoms with Crippen LogP contribution in [0.2, 0.25) is 5.02 Å². The van der Waals surface area contributed by atoms with Crippen molar-refractivity contribution in [1.29, 1.82) is 0 Å². The summed E-state index contributed by atoms with van der Waals surface area (Å²) in [5, 5.41) is 4.20. The van der Waals surface area contributed by atoms with Crippen molar-refractivity contribution in [3.8, 4) is 0 Å². The Morgan fingerprint density at radius 3 is 2.58 bits per heavy atom. The molecule has 8 nitrogen and oxygen atoms in total. The lowest BCUT2D eigenvalue weighted by Crippen LogP contribution is -2.43. The first-order chi connectivity index (χ1) is 14.7. The summed E-state index contributed by atoms with van der Waals surface area (Å²) in [5.74, 6) is -2.81. The summed E-state index contributed by atoms with van der Waals surface area (Å²) in [5.41, 5.74) is 5.08. The molecule has 3 amide bonds. The van der Waals surface area contributed by atoms with Gasteiger partial charge in [-0.1, -0.05) is 35.9 Å². The normalized spacial score (nSPS) is 15.5. The number of hydrazine groups is 1. The molecule has 2 N–H and O–H groups in total. The van der Waals surface area contributed by atoms with Gasteiger partial charge in [-0.25, -0.2) is 0 Å². The van der Waals surface area contributed by atoms with Crippen LogP contribution in [0.15, 0.2) is 42.5 Å². The van der Waals surface area contributed by atoms with E-state index in [1.54, 1.807) is 43.3 Å². The lowest BCUT2D eigenvalue weighted by molar-refractivity contribution is -0.151. The first-order valence-corrected chi connectivity index (χ1v) is 10.0. The fourth-order valence-electron chi connectivity index (χ4n) is 3.11. The van der Waals surface area contributed by atoms with Crippen LogP contribution in [0.5, 0.6) is 0 Å². The molecule has 1 atom stereocenters. The average Bonchev–Trinajstić information content (AvgIpc) is 3.09. The molecule has 0 aliphatic carbocycles. The van der Waals surface area contributed by atoms with Crippen LogP contribution in [-0.2, 0) is 19.1 Å². The summed E-state index contributed by atoms with van der Waals surface area (Å²) in [6, 6.07) is 12.0. The highest BCUT2D eigenvalue weighted by atomic mass is 35.5. The van der Waals surface area contributed by atoms with Gasteiger partial charge in [0.1, 0.15) is 0 Å². The predicted octanol–water partition coefficient (Wildman–Crippen LogP) is 2.63. The van der Waals surface area contributed by atoms with Crippen molar-refractivity contribution in [3.05, 3.63) is 64.2 Å². The van der Waals surface area contributed by atoms with Crippen LogP contribution in [0.25, 0.3) is 0 Å². The Balaban J connectivity index is 1.49. The lowest BCUT2D eigenvalue weighted by atomic mass is 10.1. The molecule has 9 heteroatoms. The quantitative estimate of drug-likeness (QED) is 0.668. The molecule has 1 heterocycles. The minimum absolute atomic E-state index is 0.0233. The zero-order valence-electron chi connectivity index (χ0n) is 17.1. The molecule has 31 heavy (non-hydrogen) atoms. The van der Waals surface area contributed by atoms with E-state index in [0.717, 1.165) is 16.1 Å². The molecule has 1 saturated heterocycles. The molecule has 2 aromatic carbocycles. The summed E-state index contributed by atoms with van der Waals surface area (Å²) < 4.78 is 5.04. The van der Waals surface area contributed by atoms with Gasteiger partial charge in [0.2, 0.25) is 5.91 Å². The van der Waals surface area contributed by atoms with Gasteiger partial charge in [0.05, 0.1) is 12.5 Å². The van der Waals surface area contributed by atoms with Crippen molar-refractivity contribution < 1.29 is 23.9 Å². The second kappa shape index (κ2) is 9.61. The number of carbonyl (C=O) groups is 4. The molecular weight excluding hydrogens is 422 g/mol. The van der Waals surface area contributed by atoms with Gasteiger partial charge in [0.15, 0.2) is 6.61 Å². The molecular formula is C22H22ClN3O5. The number of esters is 1. The van der Waals surface area contributed by atoms with Gasteiger partial charge < -0.3 is 10.1 Å². The zero-order chi connectivity index (χ0) is 22.5. The molecule has 0 radical (unpaired) electrons. The molecule has 2 aromatic rings. The Hall–Kier alpha value is -3.39. The molecule has 162 valence electrons. The van der Waals surface area contributed by atoms with Crippen molar-refractivity contribution in [1.82, 2.24) is 10.4 Å². The number of hydrogen-bond acceptors (Lipinski definition) is 5. The van der Waals surface area contributed by atoms with Gasteiger partial charge in [-0.3, -0.25) is 29.6 Å². The standard InChI is InChI=1S/C22H22ClN3O5/c1-13-5-3-4-6-17(13)21(29)25-26-11-15(9-20(26)28)22(30)31-12-19(27)24-16-8-7-14(2)18(23)10-16/h3-8,10,15H,9,11-12H2,1-2H3,(H,24,27)(H,25,29). The highest BCUT2D eigenvalue weighted by molar-refractivity contribution is 6.31. The molecule has 0 bridgehead atoms.